The summed E-state index contributed by atoms with van der Waals surface area (Å²) in [5, 5.41) is 6.50. The van der Waals surface area contributed by atoms with Gasteiger partial charge in [-0.2, -0.15) is 0 Å². The number of carbonyl (C=O) groups is 3. The second-order valence-corrected chi connectivity index (χ2v) is 12.7. The summed E-state index contributed by atoms with van der Waals surface area (Å²) in [5.41, 5.74) is 0.463. The van der Waals surface area contributed by atoms with Crippen molar-refractivity contribution in [3.63, 3.8) is 0 Å². The Morgan fingerprint density at radius 1 is 1.02 bits per heavy atom. The van der Waals surface area contributed by atoms with Gasteiger partial charge < -0.3 is 20.3 Å². The molecule has 5 rings (SSSR count). The van der Waals surface area contributed by atoms with Crippen LogP contribution in [0.4, 0.5) is 0 Å². The first-order chi connectivity index (χ1) is 19.9. The van der Waals surface area contributed by atoms with E-state index in [2.05, 4.69) is 27.7 Å². The lowest BCUT2D eigenvalue weighted by Gasteiger charge is -2.41. The van der Waals surface area contributed by atoms with Crippen molar-refractivity contribution in [3.8, 4) is 0 Å². The van der Waals surface area contributed by atoms with Crippen LogP contribution in [0.5, 0.6) is 0 Å². The number of rotatable bonds is 5. The molecular weight excluding hydrogens is 516 g/mol. The number of likely N-dealkylation sites (tertiary alicyclic amines) is 1. The molecule has 41 heavy (non-hydrogen) atoms. The number of piperidine rings is 1. The number of nitrogens with zero attached hydrogens (tertiary/aromatic N) is 2. The molecule has 1 spiro atoms. The van der Waals surface area contributed by atoms with Crippen LogP contribution >= 0.6 is 0 Å². The summed E-state index contributed by atoms with van der Waals surface area (Å²) >= 11 is 0. The van der Waals surface area contributed by atoms with Crippen molar-refractivity contribution in [3.05, 3.63) is 48.0 Å². The highest BCUT2D eigenvalue weighted by Gasteiger charge is 2.41. The topological polar surface area (TPSA) is 91.0 Å². The average molecular weight is 565 g/mol. The van der Waals surface area contributed by atoms with Crippen LogP contribution in [-0.4, -0.2) is 85.5 Å². The van der Waals surface area contributed by atoms with E-state index in [1.54, 1.807) is 0 Å². The van der Waals surface area contributed by atoms with Crippen LogP contribution in [0.1, 0.15) is 69.8 Å². The minimum absolute atomic E-state index is 0.00113. The number of fused-ring (bicyclic) bond motifs is 1. The van der Waals surface area contributed by atoms with Crippen molar-refractivity contribution in [1.82, 2.24) is 20.4 Å². The molecule has 0 bridgehead atoms. The molecule has 4 aliphatic rings. The van der Waals surface area contributed by atoms with Crippen LogP contribution in [0.15, 0.2) is 42.5 Å². The average Bonchev–Trinajstić information content (AvgIpc) is 3.00. The second-order valence-electron chi connectivity index (χ2n) is 12.7. The van der Waals surface area contributed by atoms with E-state index < -0.39 is 11.5 Å². The minimum Gasteiger partial charge on any atom is -0.381 e. The lowest BCUT2D eigenvalue weighted by molar-refractivity contribution is -0.140. The van der Waals surface area contributed by atoms with Crippen molar-refractivity contribution < 1.29 is 19.1 Å². The highest BCUT2D eigenvalue weighted by Crippen LogP contribution is 2.36. The number of nitrogens with one attached hydrogen (secondary N) is 2. The van der Waals surface area contributed by atoms with Gasteiger partial charge in [0.15, 0.2) is 0 Å². The predicted molar refractivity (Wildman–Crippen MR) is 159 cm³/mol. The monoisotopic (exact) mass is 564 g/mol. The molecule has 1 aliphatic carbocycles. The molecule has 3 atom stereocenters. The maximum absolute atomic E-state index is 13.8. The summed E-state index contributed by atoms with van der Waals surface area (Å²) in [6.07, 6.45) is 14.3. The Bertz CT molecular complexity index is 1060. The number of benzene rings is 1. The van der Waals surface area contributed by atoms with Gasteiger partial charge in [0.2, 0.25) is 17.7 Å². The number of hydrogen-bond acceptors (Lipinski definition) is 5. The van der Waals surface area contributed by atoms with Gasteiger partial charge in [-0.05, 0) is 56.4 Å². The Hall–Kier alpha value is -2.71. The lowest BCUT2D eigenvalue weighted by Crippen LogP contribution is -2.58. The van der Waals surface area contributed by atoms with Gasteiger partial charge in [0, 0.05) is 51.9 Å². The normalized spacial score (nSPS) is 28.9. The molecule has 3 fully saturated rings. The third-order valence-electron chi connectivity index (χ3n) is 9.97. The molecule has 0 radical (unpaired) electrons. The number of hydrogen-bond donors (Lipinski definition) is 2. The van der Waals surface area contributed by atoms with Gasteiger partial charge in [-0.3, -0.25) is 19.3 Å². The molecule has 1 saturated carbocycles. The molecule has 8 heteroatoms. The van der Waals surface area contributed by atoms with Crippen LogP contribution in [-0.2, 0) is 25.5 Å². The van der Waals surface area contributed by atoms with Gasteiger partial charge in [0.25, 0.3) is 0 Å². The van der Waals surface area contributed by atoms with Crippen molar-refractivity contribution >= 4 is 17.7 Å². The van der Waals surface area contributed by atoms with Crippen LogP contribution in [0.25, 0.3) is 0 Å². The van der Waals surface area contributed by atoms with E-state index in [9.17, 15) is 14.4 Å². The first kappa shape index (κ1) is 29.8. The van der Waals surface area contributed by atoms with E-state index in [1.807, 2.05) is 42.3 Å². The molecule has 3 heterocycles. The Morgan fingerprint density at radius 3 is 2.54 bits per heavy atom. The van der Waals surface area contributed by atoms with Gasteiger partial charge >= 0.3 is 0 Å². The zero-order valence-corrected chi connectivity index (χ0v) is 24.7. The quantitative estimate of drug-likeness (QED) is 0.535. The molecule has 3 aliphatic heterocycles. The zero-order chi connectivity index (χ0) is 28.7. The van der Waals surface area contributed by atoms with Crippen molar-refractivity contribution in [2.45, 2.75) is 88.8 Å². The highest BCUT2D eigenvalue weighted by atomic mass is 16.5. The smallest absolute Gasteiger partial charge is 0.243 e. The summed E-state index contributed by atoms with van der Waals surface area (Å²) in [5.74, 6) is 0.240. The molecule has 2 saturated heterocycles. The Balaban J connectivity index is 1.31. The number of allylic oxidation sites excluding steroid dienone is 2. The zero-order valence-electron chi connectivity index (χ0n) is 24.7. The van der Waals surface area contributed by atoms with E-state index in [-0.39, 0.29) is 29.7 Å². The van der Waals surface area contributed by atoms with E-state index in [4.69, 9.17) is 4.74 Å². The largest absolute Gasteiger partial charge is 0.381 e. The van der Waals surface area contributed by atoms with E-state index in [0.717, 1.165) is 44.3 Å². The molecular formula is C33H48N4O4. The van der Waals surface area contributed by atoms with Crippen LogP contribution in [0, 0.1) is 11.3 Å². The summed E-state index contributed by atoms with van der Waals surface area (Å²) in [4.78, 5) is 45.0. The van der Waals surface area contributed by atoms with Gasteiger partial charge in [-0.15, -0.1) is 0 Å². The molecule has 224 valence electrons. The first-order valence-corrected chi connectivity index (χ1v) is 15.8. The Morgan fingerprint density at radius 2 is 1.78 bits per heavy atom. The maximum Gasteiger partial charge on any atom is 0.243 e. The molecule has 1 aromatic carbocycles. The van der Waals surface area contributed by atoms with Gasteiger partial charge in [0.05, 0.1) is 12.0 Å². The molecule has 8 nitrogen and oxygen atoms in total. The summed E-state index contributed by atoms with van der Waals surface area (Å²) < 4.78 is 5.61. The van der Waals surface area contributed by atoms with E-state index >= 15 is 0 Å². The fraction of sp³-hybridized carbons (Fsp3) is 0.667. The summed E-state index contributed by atoms with van der Waals surface area (Å²) in [6.45, 7) is 3.09. The maximum atomic E-state index is 13.8. The van der Waals surface area contributed by atoms with Gasteiger partial charge in [-0.1, -0.05) is 61.7 Å². The lowest BCUT2D eigenvalue weighted by atomic mass is 9.75. The van der Waals surface area contributed by atoms with Crippen molar-refractivity contribution in [1.29, 1.82) is 0 Å². The number of amides is 3. The summed E-state index contributed by atoms with van der Waals surface area (Å²) in [7, 11) is 1.97. The van der Waals surface area contributed by atoms with Crippen LogP contribution in [0.3, 0.4) is 0 Å². The minimum atomic E-state index is -0.641. The number of likely N-dealkylation sites (N-methyl/N-ethyl adjacent to an activating group) is 1. The van der Waals surface area contributed by atoms with E-state index in [1.165, 1.54) is 19.3 Å². The molecule has 0 aromatic heterocycles. The fourth-order valence-electron chi connectivity index (χ4n) is 7.17. The molecule has 1 aromatic rings. The van der Waals surface area contributed by atoms with E-state index in [0.29, 0.717) is 51.5 Å². The van der Waals surface area contributed by atoms with Crippen LogP contribution in [0.2, 0.25) is 0 Å². The van der Waals surface area contributed by atoms with Gasteiger partial charge in [0.1, 0.15) is 6.04 Å². The Kier molecular flexibility index (Phi) is 10.1. The van der Waals surface area contributed by atoms with Gasteiger partial charge in [-0.25, -0.2) is 0 Å². The number of carbonyl (C=O) groups excluding carboxylic acids is 3. The highest BCUT2D eigenvalue weighted by molar-refractivity contribution is 5.90. The third-order valence-corrected chi connectivity index (χ3v) is 9.97. The molecule has 3 amide bonds. The Labute approximate surface area is 245 Å². The standard InChI is InChI=1S/C33H48N4O4/c1-36(27-13-6-3-7-14-27)30(38)24-37-19-15-28-26(23-37)12-8-9-16-33(17-20-41-21-18-33)32(40)35-29(31(39)34-28)22-25-10-4-2-5-11-25/h2,4-5,8-11,26-29H,3,6-7,12-24H2,1H3,(H,34,39)(H,35,40)/b9-8+/t26-,28+,29+/m0/s1. The fourth-order valence-corrected chi connectivity index (χ4v) is 7.17. The first-order valence-electron chi connectivity index (χ1n) is 15.8. The van der Waals surface area contributed by atoms with Crippen molar-refractivity contribution in [2.24, 2.45) is 11.3 Å². The molecule has 0 unspecified atom stereocenters. The second kappa shape index (κ2) is 14.0. The summed E-state index contributed by atoms with van der Waals surface area (Å²) in [6, 6.07) is 9.63. The predicted octanol–water partition coefficient (Wildman–Crippen LogP) is 3.46. The number of ether oxygens (including phenoxy) is 1. The molecule has 2 N–H and O–H groups in total. The third kappa shape index (κ3) is 7.58. The SMILES string of the molecule is CN(C(=O)CN1CC[C@H]2NC(=O)[C@@H](Cc3ccccc3)NC(=O)C3(C/C=C/C[C@H]2C1)CCOCC3)C1CCCCC1. The van der Waals surface area contributed by atoms with Crippen molar-refractivity contribution in [2.75, 3.05) is 39.9 Å². The van der Waals surface area contributed by atoms with Crippen LogP contribution < -0.4 is 10.6 Å².